The van der Waals surface area contributed by atoms with E-state index in [1.54, 1.807) is 44.4 Å². The molecule has 1 N–H and O–H groups in total. The second kappa shape index (κ2) is 6.65. The van der Waals surface area contributed by atoms with Gasteiger partial charge in [-0.05, 0) is 42.5 Å². The summed E-state index contributed by atoms with van der Waals surface area (Å²) in [7, 11) is 3.33. The molecular formula is C15H16N2O4S. The number of carboxylic acid groups (broad SMARTS) is 1. The Balaban J connectivity index is 2.13. The van der Waals surface area contributed by atoms with E-state index in [1.165, 1.54) is 23.6 Å². The third kappa shape index (κ3) is 3.48. The van der Waals surface area contributed by atoms with Crippen LogP contribution in [0.2, 0.25) is 0 Å². The summed E-state index contributed by atoms with van der Waals surface area (Å²) in [6.07, 6.45) is 0.861. The van der Waals surface area contributed by atoms with Crippen molar-refractivity contribution in [1.82, 2.24) is 4.90 Å². The van der Waals surface area contributed by atoms with Gasteiger partial charge in [0, 0.05) is 14.1 Å². The summed E-state index contributed by atoms with van der Waals surface area (Å²) < 4.78 is 5.25. The molecular weight excluding hydrogens is 304 g/mol. The molecule has 6 nitrogen and oxygen atoms in total. The highest BCUT2D eigenvalue weighted by Crippen LogP contribution is 2.31. The first-order valence-corrected chi connectivity index (χ1v) is 7.38. The molecule has 1 aromatic rings. The number of thioether (sulfide) groups is 1. The van der Waals surface area contributed by atoms with Gasteiger partial charge in [0.1, 0.15) is 5.75 Å². The lowest BCUT2D eigenvalue weighted by atomic mass is 10.2. The van der Waals surface area contributed by atoms with Gasteiger partial charge >= 0.3 is 5.97 Å². The van der Waals surface area contributed by atoms with Crippen molar-refractivity contribution in [3.8, 4) is 5.75 Å². The van der Waals surface area contributed by atoms with E-state index < -0.39 is 12.1 Å². The van der Waals surface area contributed by atoms with Crippen molar-refractivity contribution in [1.29, 1.82) is 0 Å². The molecule has 0 aromatic heterocycles. The Morgan fingerprint density at radius 2 is 2.05 bits per heavy atom. The number of amides is 1. The highest BCUT2D eigenvalue weighted by atomic mass is 32.2. The lowest BCUT2D eigenvalue weighted by Crippen LogP contribution is -2.23. The lowest BCUT2D eigenvalue weighted by molar-refractivity contribution is -0.144. The molecule has 0 bridgehead atoms. The predicted octanol–water partition coefficient (Wildman–Crippen LogP) is 2.07. The molecule has 1 atom stereocenters. The summed E-state index contributed by atoms with van der Waals surface area (Å²) in [5.74, 6) is -0.644. The van der Waals surface area contributed by atoms with Crippen LogP contribution in [0.5, 0.6) is 5.75 Å². The number of aliphatic carboxylic acids is 1. The molecule has 0 unspecified atom stereocenters. The summed E-state index contributed by atoms with van der Waals surface area (Å²) in [4.78, 5) is 28.9. The summed E-state index contributed by atoms with van der Waals surface area (Å²) in [5.41, 5.74) is 0.830. The molecule has 1 aromatic carbocycles. The van der Waals surface area contributed by atoms with E-state index in [-0.39, 0.29) is 5.91 Å². The Morgan fingerprint density at radius 3 is 2.55 bits per heavy atom. The van der Waals surface area contributed by atoms with E-state index in [4.69, 9.17) is 9.84 Å². The second-order valence-electron chi connectivity index (χ2n) is 4.65. The molecule has 1 aliphatic heterocycles. The number of likely N-dealkylation sites (N-methyl/N-ethyl adjacent to an activating group) is 1. The van der Waals surface area contributed by atoms with E-state index in [0.29, 0.717) is 15.8 Å². The van der Waals surface area contributed by atoms with Crippen molar-refractivity contribution in [2.24, 2.45) is 4.99 Å². The zero-order valence-electron chi connectivity index (χ0n) is 12.4. The van der Waals surface area contributed by atoms with Crippen LogP contribution >= 0.6 is 11.8 Å². The maximum Gasteiger partial charge on any atom is 0.344 e. The number of hydrogen-bond acceptors (Lipinski definition) is 5. The van der Waals surface area contributed by atoms with Gasteiger partial charge in [-0.1, -0.05) is 12.1 Å². The normalized spacial score (nSPS) is 19.8. The largest absolute Gasteiger partial charge is 0.479 e. The molecule has 7 heteroatoms. The fourth-order valence-electron chi connectivity index (χ4n) is 1.80. The summed E-state index contributed by atoms with van der Waals surface area (Å²) in [5, 5.41) is 9.46. The van der Waals surface area contributed by atoms with Gasteiger partial charge in [0.15, 0.2) is 11.3 Å². The highest BCUT2D eigenvalue weighted by molar-refractivity contribution is 8.18. The highest BCUT2D eigenvalue weighted by Gasteiger charge is 2.29. The summed E-state index contributed by atoms with van der Waals surface area (Å²) in [6, 6.07) is 6.89. The van der Waals surface area contributed by atoms with E-state index >= 15 is 0 Å². The van der Waals surface area contributed by atoms with Crippen molar-refractivity contribution in [3.05, 3.63) is 34.7 Å². The number of nitrogens with zero attached hydrogens (tertiary/aromatic N) is 2. The van der Waals surface area contributed by atoms with Crippen molar-refractivity contribution in [3.63, 3.8) is 0 Å². The second-order valence-corrected chi connectivity index (χ2v) is 5.66. The molecule has 22 heavy (non-hydrogen) atoms. The number of aliphatic imine (C=N–C) groups is 1. The van der Waals surface area contributed by atoms with Crippen molar-refractivity contribution in [2.45, 2.75) is 13.0 Å². The summed E-state index contributed by atoms with van der Waals surface area (Å²) in [6.45, 7) is 1.47. The third-order valence-electron chi connectivity index (χ3n) is 3.03. The number of ether oxygens (including phenoxy) is 1. The average molecular weight is 320 g/mol. The number of carbonyl (C=O) groups is 2. The number of benzene rings is 1. The molecule has 116 valence electrons. The maximum absolute atomic E-state index is 12.0. The number of hydrogen-bond donors (Lipinski definition) is 1. The van der Waals surface area contributed by atoms with Crippen molar-refractivity contribution >= 4 is 34.9 Å². The van der Waals surface area contributed by atoms with Crippen molar-refractivity contribution < 1.29 is 19.4 Å². The van der Waals surface area contributed by atoms with Crippen LogP contribution in [-0.2, 0) is 9.59 Å². The van der Waals surface area contributed by atoms with Crippen LogP contribution in [0, 0.1) is 0 Å². The predicted molar refractivity (Wildman–Crippen MR) is 85.9 cm³/mol. The van der Waals surface area contributed by atoms with Gasteiger partial charge in [-0.3, -0.25) is 14.7 Å². The number of carboxylic acids is 1. The van der Waals surface area contributed by atoms with Gasteiger partial charge < -0.3 is 9.84 Å². The number of rotatable bonds is 4. The van der Waals surface area contributed by atoms with Crippen LogP contribution in [0.25, 0.3) is 6.08 Å². The van der Waals surface area contributed by atoms with E-state index in [2.05, 4.69) is 4.99 Å². The Bertz CT molecular complexity index is 652. The van der Waals surface area contributed by atoms with Crippen LogP contribution in [-0.4, -0.2) is 47.2 Å². The Hall–Kier alpha value is -2.28. The topological polar surface area (TPSA) is 79.2 Å². The first-order chi connectivity index (χ1) is 10.4. The smallest absolute Gasteiger partial charge is 0.344 e. The third-order valence-corrected chi connectivity index (χ3v) is 4.18. The molecule has 1 fully saturated rings. The minimum Gasteiger partial charge on any atom is -0.479 e. The number of carbonyl (C=O) groups excluding carboxylic acids is 1. The first-order valence-electron chi connectivity index (χ1n) is 6.56. The van der Waals surface area contributed by atoms with Gasteiger partial charge in [-0.2, -0.15) is 0 Å². The van der Waals surface area contributed by atoms with E-state index in [1.807, 2.05) is 0 Å². The summed E-state index contributed by atoms with van der Waals surface area (Å²) >= 11 is 1.32. The molecule has 1 saturated heterocycles. The van der Waals surface area contributed by atoms with Crippen molar-refractivity contribution in [2.75, 3.05) is 14.1 Å². The van der Waals surface area contributed by atoms with Crippen LogP contribution in [0.4, 0.5) is 0 Å². The van der Waals surface area contributed by atoms with Gasteiger partial charge in [-0.25, -0.2) is 4.79 Å². The van der Waals surface area contributed by atoms with E-state index in [9.17, 15) is 9.59 Å². The molecule has 1 heterocycles. The maximum atomic E-state index is 12.0. The molecule has 0 radical (unpaired) electrons. The SMILES string of the molecule is CN=C1S/C(=C/c2ccc(O[C@H](C)C(=O)O)cc2)C(=O)N1C. The molecule has 1 aliphatic rings. The fraction of sp³-hybridized carbons (Fsp3) is 0.267. The Kier molecular flexibility index (Phi) is 4.87. The Labute approximate surface area is 132 Å². The standard InChI is InChI=1S/C15H16N2O4S/c1-9(14(19)20)21-11-6-4-10(5-7-11)8-12-13(18)17(3)15(16-2)22-12/h4-9H,1-3H3,(H,19,20)/b12-8+,16-15?/t9-/m1/s1. The average Bonchev–Trinajstić information content (AvgIpc) is 2.77. The monoisotopic (exact) mass is 320 g/mol. The molecule has 2 rings (SSSR count). The first kappa shape index (κ1) is 16.1. The van der Waals surface area contributed by atoms with Crippen LogP contribution in [0.15, 0.2) is 34.2 Å². The zero-order chi connectivity index (χ0) is 16.3. The fourth-order valence-corrected chi connectivity index (χ4v) is 2.73. The van der Waals surface area contributed by atoms with Crippen LogP contribution in [0.1, 0.15) is 12.5 Å². The molecule has 0 aliphatic carbocycles. The zero-order valence-corrected chi connectivity index (χ0v) is 13.3. The molecule has 1 amide bonds. The van der Waals surface area contributed by atoms with Crippen LogP contribution < -0.4 is 4.74 Å². The van der Waals surface area contributed by atoms with E-state index in [0.717, 1.165) is 5.56 Å². The van der Waals surface area contributed by atoms with Gasteiger partial charge in [0.05, 0.1) is 4.91 Å². The quantitative estimate of drug-likeness (QED) is 0.859. The minimum atomic E-state index is -1.02. The van der Waals surface area contributed by atoms with Gasteiger partial charge in [-0.15, -0.1) is 0 Å². The molecule has 0 saturated carbocycles. The number of amidine groups is 1. The Morgan fingerprint density at radius 1 is 1.41 bits per heavy atom. The minimum absolute atomic E-state index is 0.0922. The lowest BCUT2D eigenvalue weighted by Gasteiger charge is -2.10. The van der Waals surface area contributed by atoms with Gasteiger partial charge in [0.2, 0.25) is 0 Å². The molecule has 0 spiro atoms. The van der Waals surface area contributed by atoms with Crippen LogP contribution in [0.3, 0.4) is 0 Å². The van der Waals surface area contributed by atoms with Gasteiger partial charge in [0.25, 0.3) is 5.91 Å².